The Kier molecular flexibility index (Phi) is 10.1. The van der Waals surface area contributed by atoms with Crippen LogP contribution in [0.15, 0.2) is 53.8 Å². The van der Waals surface area contributed by atoms with E-state index in [1.54, 1.807) is 36.7 Å². The molecule has 0 unspecified atom stereocenters. The molecule has 204 valence electrons. The maximum Gasteiger partial charge on any atom is 0.278 e. The van der Waals surface area contributed by atoms with Gasteiger partial charge in [0, 0.05) is 24.8 Å². The molecule has 3 heterocycles. The van der Waals surface area contributed by atoms with E-state index in [2.05, 4.69) is 25.2 Å². The van der Waals surface area contributed by atoms with Crippen molar-refractivity contribution in [1.29, 1.82) is 0 Å². The highest BCUT2D eigenvalue weighted by atomic mass is 35.5. The van der Waals surface area contributed by atoms with Gasteiger partial charge in [-0.1, -0.05) is 18.6 Å². The molecule has 2 aromatic heterocycles. The van der Waals surface area contributed by atoms with Crippen molar-refractivity contribution < 1.29 is 13.2 Å². The summed E-state index contributed by atoms with van der Waals surface area (Å²) in [5.74, 6) is -0.496. The van der Waals surface area contributed by atoms with Crippen molar-refractivity contribution in [3.05, 3.63) is 60.2 Å². The van der Waals surface area contributed by atoms with Crippen LogP contribution in [0.5, 0.6) is 0 Å². The number of halogens is 1. The number of nitrogens with one attached hydrogen (secondary N) is 1. The zero-order valence-electron chi connectivity index (χ0n) is 21.6. The van der Waals surface area contributed by atoms with Crippen LogP contribution >= 0.6 is 12.4 Å². The molecule has 1 fully saturated rings. The number of pyridine rings is 1. The van der Waals surface area contributed by atoms with Gasteiger partial charge >= 0.3 is 0 Å². The first kappa shape index (κ1) is 29.4. The topological polar surface area (TPSA) is 134 Å². The van der Waals surface area contributed by atoms with Crippen LogP contribution in [-0.4, -0.2) is 72.2 Å². The average molecular weight is 560 g/mol. The summed E-state index contributed by atoms with van der Waals surface area (Å²) < 4.78 is 27.4. The molecule has 0 atom stereocenters. The van der Waals surface area contributed by atoms with Gasteiger partial charge in [0.2, 0.25) is 10.0 Å². The number of nitrogens with zero attached hydrogens (tertiary/aromatic N) is 5. The van der Waals surface area contributed by atoms with Gasteiger partial charge in [0.05, 0.1) is 28.7 Å². The van der Waals surface area contributed by atoms with Crippen LogP contribution in [0.3, 0.4) is 0 Å². The Morgan fingerprint density at radius 1 is 1.08 bits per heavy atom. The fourth-order valence-electron chi connectivity index (χ4n) is 4.24. The highest BCUT2D eigenvalue weighted by Crippen LogP contribution is 2.25. The summed E-state index contributed by atoms with van der Waals surface area (Å²) in [7, 11) is 0.523. The normalized spacial score (nSPS) is 14.2. The van der Waals surface area contributed by atoms with Crippen molar-refractivity contribution in [2.45, 2.75) is 37.0 Å². The number of nitrogens with two attached hydrogens (primary N) is 1. The molecule has 1 aliphatic rings. The third kappa shape index (κ3) is 7.25. The maximum atomic E-state index is 13.0. The summed E-state index contributed by atoms with van der Waals surface area (Å²) in [5, 5.41) is 2.80. The van der Waals surface area contributed by atoms with Gasteiger partial charge in [-0.2, -0.15) is 4.31 Å². The molecule has 1 saturated heterocycles. The molecule has 0 aliphatic carbocycles. The van der Waals surface area contributed by atoms with Gasteiger partial charge in [-0.3, -0.25) is 9.78 Å². The lowest BCUT2D eigenvalue weighted by molar-refractivity contribution is 0.102. The summed E-state index contributed by atoms with van der Waals surface area (Å²) in [6, 6.07) is 8.34. The van der Waals surface area contributed by atoms with Crippen molar-refractivity contribution in [3.8, 4) is 11.3 Å². The van der Waals surface area contributed by atoms with Gasteiger partial charge in [-0.15, -0.1) is 12.4 Å². The van der Waals surface area contributed by atoms with Crippen molar-refractivity contribution in [3.63, 3.8) is 0 Å². The Morgan fingerprint density at radius 2 is 1.79 bits per heavy atom. The minimum Gasteiger partial charge on any atom is -0.382 e. The standard InChI is InChI=1S/C26H33N7O3S.ClH/c1-32(2)12-6-7-19-15-21(17-28-16-19)30-26(34)24-25(27)29-18-23(31-24)20-8-10-22(11-9-20)37(35,36)33-13-4-3-5-14-33;/h8-11,15-18H,3-7,12-14H2,1-2H3,(H2,27,29)(H,30,34);1H. The van der Waals surface area contributed by atoms with Gasteiger partial charge in [0.15, 0.2) is 11.5 Å². The molecular weight excluding hydrogens is 526 g/mol. The maximum absolute atomic E-state index is 13.0. The smallest absolute Gasteiger partial charge is 0.278 e. The monoisotopic (exact) mass is 559 g/mol. The van der Waals surface area contributed by atoms with E-state index in [1.807, 2.05) is 20.2 Å². The largest absolute Gasteiger partial charge is 0.382 e. The number of piperidine rings is 1. The van der Waals surface area contributed by atoms with Crippen molar-refractivity contribution in [2.75, 3.05) is 44.8 Å². The fraction of sp³-hybridized carbons (Fsp3) is 0.385. The van der Waals surface area contributed by atoms with Gasteiger partial charge in [0.1, 0.15) is 0 Å². The van der Waals surface area contributed by atoms with Gasteiger partial charge in [0.25, 0.3) is 5.91 Å². The SMILES string of the molecule is CN(C)CCCc1cncc(NC(=O)c2nc(-c3ccc(S(=O)(=O)N4CCCCC4)cc3)cnc2N)c1.Cl. The highest BCUT2D eigenvalue weighted by Gasteiger charge is 2.26. The Bertz CT molecular complexity index is 1350. The van der Waals surface area contributed by atoms with E-state index in [1.165, 1.54) is 10.5 Å². The molecule has 0 spiro atoms. The number of anilines is 2. The Balaban J connectivity index is 0.00000400. The van der Waals surface area contributed by atoms with Crippen molar-refractivity contribution >= 4 is 39.8 Å². The number of hydrogen-bond acceptors (Lipinski definition) is 8. The van der Waals surface area contributed by atoms with Crippen molar-refractivity contribution in [2.24, 2.45) is 0 Å². The van der Waals surface area contributed by atoms with Crippen LogP contribution in [0, 0.1) is 0 Å². The molecule has 1 aliphatic heterocycles. The van der Waals surface area contributed by atoms with E-state index >= 15 is 0 Å². The summed E-state index contributed by atoms with van der Waals surface area (Å²) in [5.41, 5.74) is 8.57. The fourth-order valence-corrected chi connectivity index (χ4v) is 5.76. The van der Waals surface area contributed by atoms with Crippen molar-refractivity contribution in [1.82, 2.24) is 24.2 Å². The first-order chi connectivity index (χ1) is 17.7. The number of nitrogen functional groups attached to an aromatic ring is 1. The molecule has 3 aromatic rings. The van der Waals surface area contributed by atoms with Crippen LogP contribution in [0.1, 0.15) is 41.7 Å². The molecule has 12 heteroatoms. The van der Waals surface area contributed by atoms with E-state index in [-0.39, 0.29) is 28.8 Å². The lowest BCUT2D eigenvalue weighted by Crippen LogP contribution is -2.35. The molecule has 4 rings (SSSR count). The van der Waals surface area contributed by atoms with E-state index in [4.69, 9.17) is 5.73 Å². The van der Waals surface area contributed by atoms with E-state index in [9.17, 15) is 13.2 Å². The predicted octanol–water partition coefficient (Wildman–Crippen LogP) is 3.46. The molecule has 38 heavy (non-hydrogen) atoms. The quantitative estimate of drug-likeness (QED) is 0.407. The molecule has 1 aromatic carbocycles. The van der Waals surface area contributed by atoms with Crippen LogP contribution < -0.4 is 11.1 Å². The third-order valence-corrected chi connectivity index (χ3v) is 8.16. The molecular formula is C26H34ClN7O3S. The summed E-state index contributed by atoms with van der Waals surface area (Å²) in [4.78, 5) is 28.1. The second kappa shape index (κ2) is 13.1. The first-order valence-electron chi connectivity index (χ1n) is 12.4. The predicted molar refractivity (Wildman–Crippen MR) is 151 cm³/mol. The summed E-state index contributed by atoms with van der Waals surface area (Å²) in [6.45, 7) is 2.04. The second-order valence-electron chi connectivity index (χ2n) is 9.42. The minimum absolute atomic E-state index is 0. The molecule has 10 nitrogen and oxygen atoms in total. The van der Waals surface area contributed by atoms with Crippen LogP contribution in [-0.2, 0) is 16.4 Å². The lowest BCUT2D eigenvalue weighted by atomic mass is 10.1. The van der Waals surface area contributed by atoms with Gasteiger partial charge in [-0.25, -0.2) is 18.4 Å². The van der Waals surface area contributed by atoms with Gasteiger partial charge < -0.3 is 16.0 Å². The van der Waals surface area contributed by atoms with E-state index in [0.29, 0.717) is 30.0 Å². The number of rotatable bonds is 9. The molecule has 0 saturated carbocycles. The number of aromatic nitrogens is 3. The van der Waals surface area contributed by atoms with Crippen LogP contribution in [0.2, 0.25) is 0 Å². The number of amides is 1. The number of hydrogen-bond donors (Lipinski definition) is 2. The van der Waals surface area contributed by atoms with Gasteiger partial charge in [-0.05, 0) is 70.1 Å². The third-order valence-electron chi connectivity index (χ3n) is 6.24. The van der Waals surface area contributed by atoms with Crippen LogP contribution in [0.4, 0.5) is 11.5 Å². The molecule has 1 amide bonds. The number of carbonyl (C=O) groups excluding carboxylic acids is 1. The molecule has 3 N–H and O–H groups in total. The minimum atomic E-state index is -3.53. The number of aryl methyl sites for hydroxylation is 1. The average Bonchev–Trinajstić information content (AvgIpc) is 2.89. The second-order valence-corrected chi connectivity index (χ2v) is 11.4. The number of benzene rings is 1. The molecule has 0 radical (unpaired) electrons. The Labute approximate surface area is 230 Å². The van der Waals surface area contributed by atoms with E-state index in [0.717, 1.165) is 44.2 Å². The number of carbonyl (C=O) groups is 1. The Hall–Kier alpha value is -3.12. The zero-order chi connectivity index (χ0) is 26.4. The molecule has 0 bridgehead atoms. The van der Waals surface area contributed by atoms with Crippen LogP contribution in [0.25, 0.3) is 11.3 Å². The summed E-state index contributed by atoms with van der Waals surface area (Å²) >= 11 is 0. The lowest BCUT2D eigenvalue weighted by Gasteiger charge is -2.25. The summed E-state index contributed by atoms with van der Waals surface area (Å²) in [6.07, 6.45) is 9.45. The Morgan fingerprint density at radius 3 is 2.47 bits per heavy atom. The van der Waals surface area contributed by atoms with E-state index < -0.39 is 15.9 Å². The first-order valence-corrected chi connectivity index (χ1v) is 13.8. The highest BCUT2D eigenvalue weighted by molar-refractivity contribution is 7.89. The zero-order valence-corrected chi connectivity index (χ0v) is 23.3. The number of sulfonamides is 1.